The van der Waals surface area contributed by atoms with E-state index < -0.39 is 11.6 Å². The van der Waals surface area contributed by atoms with Crippen molar-refractivity contribution in [1.29, 1.82) is 0 Å². The van der Waals surface area contributed by atoms with Gasteiger partial charge in [0, 0.05) is 11.4 Å². The molecule has 0 aliphatic rings. The molecule has 0 fully saturated rings. The number of benzene rings is 1. The summed E-state index contributed by atoms with van der Waals surface area (Å²) in [5.74, 6) is 3.76. The summed E-state index contributed by atoms with van der Waals surface area (Å²) >= 11 is 5.57. The lowest BCUT2D eigenvalue weighted by atomic mass is 10.2. The topological polar surface area (TPSA) is 40.5 Å². The number of aliphatic hydroxyl groups excluding tert-OH is 1. The molecule has 2 nitrogen and oxygen atoms in total. The Bertz CT molecular complexity index is 393. The minimum absolute atomic E-state index is 0.0726. The first kappa shape index (κ1) is 10.8. The number of hydrogen-bond donors (Lipinski definition) is 2. The Balaban J connectivity index is 3.04. The molecule has 0 radical (unpaired) electrons. The van der Waals surface area contributed by atoms with Gasteiger partial charge in [-0.3, -0.25) is 0 Å². The Morgan fingerprint density at radius 1 is 1.43 bits per heavy atom. The highest BCUT2D eigenvalue weighted by atomic mass is 35.5. The minimum atomic E-state index is -0.800. The van der Waals surface area contributed by atoms with Crippen LogP contribution in [0.1, 0.15) is 12.0 Å². The van der Waals surface area contributed by atoms with Crippen LogP contribution in [0, 0.1) is 17.7 Å². The zero-order valence-corrected chi connectivity index (χ0v) is 7.98. The van der Waals surface area contributed by atoms with Crippen molar-refractivity contribution in [2.75, 3.05) is 6.61 Å². The molecule has 4 heteroatoms. The van der Waals surface area contributed by atoms with Crippen LogP contribution in [0.3, 0.4) is 0 Å². The monoisotopic (exact) mass is 214 g/mol. The highest BCUT2D eigenvalue weighted by Gasteiger charge is 2.06. The van der Waals surface area contributed by atoms with Gasteiger partial charge >= 0.3 is 0 Å². The molecule has 0 spiro atoms. The van der Waals surface area contributed by atoms with Gasteiger partial charge in [-0.15, -0.1) is 0 Å². The van der Waals surface area contributed by atoms with Crippen molar-refractivity contribution in [3.8, 4) is 17.6 Å². The third kappa shape index (κ3) is 2.63. The fourth-order valence-electron chi connectivity index (χ4n) is 0.875. The number of rotatable bonds is 1. The molecule has 0 heterocycles. The fourth-order valence-corrected chi connectivity index (χ4v) is 1.08. The first-order valence-electron chi connectivity index (χ1n) is 3.93. The standard InChI is InChI=1S/C10H8ClFO2/c11-8-5-7(3-1-2-4-13)10(14)9(12)6-8/h5-6,13-14H,2,4H2. The first-order valence-corrected chi connectivity index (χ1v) is 4.30. The molecule has 0 atom stereocenters. The van der Waals surface area contributed by atoms with Crippen molar-refractivity contribution >= 4 is 11.6 Å². The number of aromatic hydroxyl groups is 1. The van der Waals surface area contributed by atoms with E-state index in [1.165, 1.54) is 6.07 Å². The van der Waals surface area contributed by atoms with Gasteiger partial charge in [-0.05, 0) is 12.1 Å². The predicted molar refractivity (Wildman–Crippen MR) is 51.7 cm³/mol. The van der Waals surface area contributed by atoms with E-state index in [9.17, 15) is 9.50 Å². The molecule has 1 rings (SSSR count). The highest BCUT2D eigenvalue weighted by Crippen LogP contribution is 2.24. The molecule has 0 aromatic heterocycles. The maximum absolute atomic E-state index is 12.9. The van der Waals surface area contributed by atoms with Gasteiger partial charge in [0.2, 0.25) is 0 Å². The molecule has 74 valence electrons. The normalized spacial score (nSPS) is 9.36. The van der Waals surface area contributed by atoms with E-state index in [1.54, 1.807) is 0 Å². The molecule has 0 amide bonds. The molecule has 1 aromatic carbocycles. The van der Waals surface area contributed by atoms with Crippen LogP contribution in [0.25, 0.3) is 0 Å². The Hall–Kier alpha value is -1.24. The average Bonchev–Trinajstić information content (AvgIpc) is 2.13. The van der Waals surface area contributed by atoms with Crippen LogP contribution in [0.2, 0.25) is 5.02 Å². The van der Waals surface area contributed by atoms with Gasteiger partial charge in [0.15, 0.2) is 11.6 Å². The number of halogens is 2. The molecule has 2 N–H and O–H groups in total. The summed E-state index contributed by atoms with van der Waals surface area (Å²) < 4.78 is 12.9. The zero-order chi connectivity index (χ0) is 10.6. The quantitative estimate of drug-likeness (QED) is 0.702. The second-order valence-electron chi connectivity index (χ2n) is 2.56. The lowest BCUT2D eigenvalue weighted by Gasteiger charge is -1.99. The van der Waals surface area contributed by atoms with E-state index in [-0.39, 0.29) is 23.6 Å². The van der Waals surface area contributed by atoms with Crippen molar-refractivity contribution in [2.45, 2.75) is 6.42 Å². The largest absolute Gasteiger partial charge is 0.504 e. The van der Waals surface area contributed by atoms with Crippen LogP contribution in [0.4, 0.5) is 4.39 Å². The van der Waals surface area contributed by atoms with Crippen LogP contribution in [0.15, 0.2) is 12.1 Å². The Labute approximate surface area is 85.9 Å². The van der Waals surface area contributed by atoms with Crippen LogP contribution in [-0.2, 0) is 0 Å². The molecule has 0 saturated carbocycles. The predicted octanol–water partition coefficient (Wildman–Crippen LogP) is 1.92. The molecular formula is C10H8ClFO2. The molecule has 0 aliphatic heterocycles. The Morgan fingerprint density at radius 3 is 2.79 bits per heavy atom. The summed E-state index contributed by atoms with van der Waals surface area (Å²) in [5, 5.41) is 17.9. The Morgan fingerprint density at radius 2 is 2.14 bits per heavy atom. The lowest BCUT2D eigenvalue weighted by molar-refractivity contribution is 0.305. The maximum Gasteiger partial charge on any atom is 0.167 e. The maximum atomic E-state index is 12.9. The summed E-state index contributed by atoms with van der Waals surface area (Å²) in [4.78, 5) is 0. The molecule has 0 unspecified atom stereocenters. The van der Waals surface area contributed by atoms with E-state index in [1.807, 2.05) is 0 Å². The zero-order valence-electron chi connectivity index (χ0n) is 7.22. The van der Waals surface area contributed by atoms with E-state index in [4.69, 9.17) is 16.7 Å². The van der Waals surface area contributed by atoms with Crippen molar-refractivity contribution in [2.24, 2.45) is 0 Å². The van der Waals surface area contributed by atoms with Gasteiger partial charge in [-0.2, -0.15) is 0 Å². The molecule has 0 saturated heterocycles. The van der Waals surface area contributed by atoms with Gasteiger partial charge in [-0.1, -0.05) is 23.4 Å². The summed E-state index contributed by atoms with van der Waals surface area (Å²) in [6.07, 6.45) is 0.271. The lowest BCUT2D eigenvalue weighted by Crippen LogP contribution is -1.83. The molecule has 14 heavy (non-hydrogen) atoms. The van der Waals surface area contributed by atoms with Crippen molar-refractivity contribution in [3.63, 3.8) is 0 Å². The number of phenols is 1. The number of hydrogen-bond acceptors (Lipinski definition) is 2. The fraction of sp³-hybridized carbons (Fsp3) is 0.200. The van der Waals surface area contributed by atoms with E-state index >= 15 is 0 Å². The van der Waals surface area contributed by atoms with Crippen LogP contribution in [0.5, 0.6) is 5.75 Å². The summed E-state index contributed by atoms with van der Waals surface area (Å²) in [5.41, 5.74) is 0.128. The number of phenolic OH excluding ortho intramolecular Hbond substituents is 1. The van der Waals surface area contributed by atoms with Gasteiger partial charge < -0.3 is 10.2 Å². The van der Waals surface area contributed by atoms with Gasteiger partial charge in [0.1, 0.15) is 0 Å². The molecular weight excluding hydrogens is 207 g/mol. The van der Waals surface area contributed by atoms with E-state index in [0.717, 1.165) is 6.07 Å². The second kappa shape index (κ2) is 4.85. The van der Waals surface area contributed by atoms with Gasteiger partial charge in [0.25, 0.3) is 0 Å². The van der Waals surface area contributed by atoms with Crippen LogP contribution in [-0.4, -0.2) is 16.8 Å². The number of aliphatic hydroxyl groups is 1. The first-order chi connectivity index (χ1) is 6.65. The van der Waals surface area contributed by atoms with Gasteiger partial charge in [0.05, 0.1) is 12.2 Å². The van der Waals surface area contributed by atoms with Gasteiger partial charge in [-0.25, -0.2) is 4.39 Å². The van der Waals surface area contributed by atoms with Crippen molar-refractivity contribution in [3.05, 3.63) is 28.5 Å². The summed E-state index contributed by atoms with van der Waals surface area (Å²) in [7, 11) is 0. The molecule has 0 bridgehead atoms. The third-order valence-corrected chi connectivity index (χ3v) is 1.71. The van der Waals surface area contributed by atoms with Crippen molar-refractivity contribution < 1.29 is 14.6 Å². The van der Waals surface area contributed by atoms with E-state index in [0.29, 0.717) is 0 Å². The molecule has 1 aromatic rings. The van der Waals surface area contributed by atoms with Crippen LogP contribution < -0.4 is 0 Å². The van der Waals surface area contributed by atoms with Crippen molar-refractivity contribution in [1.82, 2.24) is 0 Å². The smallest absolute Gasteiger partial charge is 0.167 e. The summed E-state index contributed by atoms with van der Waals surface area (Å²) in [6.45, 7) is -0.0726. The van der Waals surface area contributed by atoms with E-state index in [2.05, 4.69) is 11.8 Å². The molecule has 0 aliphatic carbocycles. The highest BCUT2D eigenvalue weighted by molar-refractivity contribution is 6.30. The van der Waals surface area contributed by atoms with Crippen LogP contribution >= 0.6 is 11.6 Å². The average molecular weight is 215 g/mol. The Kier molecular flexibility index (Phi) is 3.75. The summed E-state index contributed by atoms with van der Waals surface area (Å²) in [6, 6.07) is 2.37. The third-order valence-electron chi connectivity index (χ3n) is 1.49. The minimum Gasteiger partial charge on any atom is -0.504 e. The second-order valence-corrected chi connectivity index (χ2v) is 3.00. The SMILES string of the molecule is OCCC#Cc1cc(Cl)cc(F)c1O.